The van der Waals surface area contributed by atoms with E-state index in [0.29, 0.717) is 17.9 Å². The molecule has 3 rings (SSSR count). The first-order chi connectivity index (χ1) is 12.9. The Bertz CT molecular complexity index is 861. The molecular formula is C20H17F3N2O2. The summed E-state index contributed by atoms with van der Waals surface area (Å²) in [5.41, 5.74) is 0.634. The van der Waals surface area contributed by atoms with Gasteiger partial charge in [0.05, 0.1) is 24.8 Å². The fourth-order valence-corrected chi connectivity index (χ4v) is 2.63. The number of rotatable bonds is 6. The number of alkyl halides is 3. The van der Waals surface area contributed by atoms with E-state index in [2.05, 4.69) is 4.98 Å². The Kier molecular flexibility index (Phi) is 5.59. The molecule has 0 N–H and O–H groups in total. The maximum Gasteiger partial charge on any atom is 0.416 e. The highest BCUT2D eigenvalue weighted by molar-refractivity contribution is 5.78. The van der Waals surface area contributed by atoms with Crippen LogP contribution in [0.2, 0.25) is 0 Å². The first-order valence-electron chi connectivity index (χ1n) is 8.27. The molecule has 7 heteroatoms. The van der Waals surface area contributed by atoms with Crippen LogP contribution in [0.1, 0.15) is 22.5 Å². The van der Waals surface area contributed by atoms with E-state index >= 15 is 0 Å². The molecule has 27 heavy (non-hydrogen) atoms. The van der Waals surface area contributed by atoms with Crippen molar-refractivity contribution in [3.05, 3.63) is 89.6 Å². The third-order valence-electron chi connectivity index (χ3n) is 4.01. The molecule has 0 aliphatic heterocycles. The average molecular weight is 374 g/mol. The van der Waals surface area contributed by atoms with Crippen molar-refractivity contribution in [1.29, 1.82) is 0 Å². The summed E-state index contributed by atoms with van der Waals surface area (Å²) in [5.74, 6) is 0.412. The lowest BCUT2D eigenvalue weighted by Crippen LogP contribution is -2.31. The smallest absolute Gasteiger partial charge is 0.416 e. The van der Waals surface area contributed by atoms with Gasteiger partial charge in [-0.25, -0.2) is 0 Å². The maximum atomic E-state index is 12.8. The van der Waals surface area contributed by atoms with Crippen molar-refractivity contribution in [2.24, 2.45) is 0 Å². The summed E-state index contributed by atoms with van der Waals surface area (Å²) in [6.07, 6.45) is 0.441. The number of halogens is 3. The normalized spacial score (nSPS) is 11.4. The molecule has 0 saturated heterocycles. The van der Waals surface area contributed by atoms with E-state index in [4.69, 9.17) is 4.42 Å². The van der Waals surface area contributed by atoms with Gasteiger partial charge in [0.25, 0.3) is 0 Å². The standard InChI is InChI=1S/C20H17F3N2O2/c21-20(22,23)17-7-5-15(6-8-17)11-19(26)25(14-18-4-2-10-27-18)13-16-3-1-9-24-12-16/h1-10,12H,11,13-14H2. The predicted octanol–water partition coefficient (Wildman–Crippen LogP) is 4.46. The number of carbonyl (C=O) groups is 1. The Labute approximate surface area is 154 Å². The van der Waals surface area contributed by atoms with Gasteiger partial charge in [0.1, 0.15) is 5.76 Å². The molecule has 0 aliphatic rings. The van der Waals surface area contributed by atoms with Crippen molar-refractivity contribution in [2.45, 2.75) is 25.7 Å². The lowest BCUT2D eigenvalue weighted by atomic mass is 10.1. The topological polar surface area (TPSA) is 46.3 Å². The number of aromatic nitrogens is 1. The molecule has 1 aromatic carbocycles. The number of carbonyl (C=O) groups excluding carboxylic acids is 1. The van der Waals surface area contributed by atoms with Crippen LogP contribution in [0.25, 0.3) is 0 Å². The number of hydrogen-bond donors (Lipinski definition) is 0. The molecule has 0 saturated carbocycles. The third kappa shape index (κ3) is 5.20. The van der Waals surface area contributed by atoms with E-state index in [1.54, 1.807) is 35.5 Å². The highest BCUT2D eigenvalue weighted by Crippen LogP contribution is 2.29. The van der Waals surface area contributed by atoms with E-state index in [1.807, 2.05) is 6.07 Å². The van der Waals surface area contributed by atoms with Gasteiger partial charge in [0, 0.05) is 18.9 Å². The molecule has 2 aromatic heterocycles. The molecule has 0 spiro atoms. The van der Waals surface area contributed by atoms with E-state index in [0.717, 1.165) is 17.7 Å². The molecule has 0 radical (unpaired) electrons. The minimum Gasteiger partial charge on any atom is -0.467 e. The maximum absolute atomic E-state index is 12.8. The van der Waals surface area contributed by atoms with Gasteiger partial charge in [-0.15, -0.1) is 0 Å². The van der Waals surface area contributed by atoms with Crippen LogP contribution in [0.15, 0.2) is 71.6 Å². The summed E-state index contributed by atoms with van der Waals surface area (Å²) in [5, 5.41) is 0. The lowest BCUT2D eigenvalue weighted by Gasteiger charge is -2.22. The van der Waals surface area contributed by atoms with Crippen LogP contribution in [0.4, 0.5) is 13.2 Å². The zero-order valence-electron chi connectivity index (χ0n) is 14.3. The number of hydrogen-bond acceptors (Lipinski definition) is 3. The van der Waals surface area contributed by atoms with Crippen LogP contribution in [0.3, 0.4) is 0 Å². The molecular weight excluding hydrogens is 357 g/mol. The Hall–Kier alpha value is -3.09. The zero-order chi connectivity index (χ0) is 19.3. The molecule has 140 valence electrons. The summed E-state index contributed by atoms with van der Waals surface area (Å²) >= 11 is 0. The molecule has 2 heterocycles. The van der Waals surface area contributed by atoms with E-state index in [9.17, 15) is 18.0 Å². The molecule has 0 unspecified atom stereocenters. The second kappa shape index (κ2) is 8.07. The highest BCUT2D eigenvalue weighted by atomic mass is 19.4. The van der Waals surface area contributed by atoms with Crippen molar-refractivity contribution in [1.82, 2.24) is 9.88 Å². The molecule has 4 nitrogen and oxygen atoms in total. The average Bonchev–Trinajstić information content (AvgIpc) is 3.15. The van der Waals surface area contributed by atoms with Crippen molar-refractivity contribution in [3.8, 4) is 0 Å². The van der Waals surface area contributed by atoms with Gasteiger partial charge < -0.3 is 9.32 Å². The Morgan fingerprint density at radius 3 is 2.37 bits per heavy atom. The van der Waals surface area contributed by atoms with Gasteiger partial charge >= 0.3 is 6.18 Å². The summed E-state index contributed by atoms with van der Waals surface area (Å²) in [7, 11) is 0. The fraction of sp³-hybridized carbons (Fsp3) is 0.200. The van der Waals surface area contributed by atoms with Crippen LogP contribution in [-0.4, -0.2) is 15.8 Å². The lowest BCUT2D eigenvalue weighted by molar-refractivity contribution is -0.137. The summed E-state index contributed by atoms with van der Waals surface area (Å²) < 4.78 is 43.3. The van der Waals surface area contributed by atoms with Gasteiger partial charge in [-0.2, -0.15) is 13.2 Å². The minimum atomic E-state index is -4.39. The number of benzene rings is 1. The largest absolute Gasteiger partial charge is 0.467 e. The van der Waals surface area contributed by atoms with E-state index in [-0.39, 0.29) is 18.9 Å². The molecule has 1 amide bonds. The fourth-order valence-electron chi connectivity index (χ4n) is 2.63. The van der Waals surface area contributed by atoms with Gasteiger partial charge in [0.2, 0.25) is 5.91 Å². The van der Waals surface area contributed by atoms with Crippen LogP contribution in [0.5, 0.6) is 0 Å². The van der Waals surface area contributed by atoms with E-state index < -0.39 is 11.7 Å². The molecule has 0 atom stereocenters. The molecule has 0 bridgehead atoms. The first-order valence-corrected chi connectivity index (χ1v) is 8.27. The van der Waals surface area contributed by atoms with Gasteiger partial charge in [-0.1, -0.05) is 18.2 Å². The Morgan fingerprint density at radius 1 is 1.00 bits per heavy atom. The predicted molar refractivity (Wildman–Crippen MR) is 92.3 cm³/mol. The molecule has 0 fully saturated rings. The Morgan fingerprint density at radius 2 is 1.78 bits per heavy atom. The van der Waals surface area contributed by atoms with Gasteiger partial charge in [-0.05, 0) is 41.5 Å². The van der Waals surface area contributed by atoms with Gasteiger partial charge in [0.15, 0.2) is 0 Å². The highest BCUT2D eigenvalue weighted by Gasteiger charge is 2.30. The Balaban J connectivity index is 1.73. The van der Waals surface area contributed by atoms with Crippen LogP contribution >= 0.6 is 0 Å². The summed E-state index contributed by atoms with van der Waals surface area (Å²) in [6.45, 7) is 0.593. The number of pyridine rings is 1. The van der Waals surface area contributed by atoms with Crippen molar-refractivity contribution < 1.29 is 22.4 Å². The van der Waals surface area contributed by atoms with Crippen LogP contribution in [-0.2, 0) is 30.5 Å². The minimum absolute atomic E-state index is 0.000885. The second-order valence-electron chi connectivity index (χ2n) is 6.06. The van der Waals surface area contributed by atoms with Gasteiger partial charge in [-0.3, -0.25) is 9.78 Å². The summed E-state index contributed by atoms with van der Waals surface area (Å²) in [6, 6.07) is 11.8. The number of nitrogens with zero attached hydrogens (tertiary/aromatic N) is 2. The number of amides is 1. The number of furan rings is 1. The third-order valence-corrected chi connectivity index (χ3v) is 4.01. The molecule has 0 aliphatic carbocycles. The molecule has 3 aromatic rings. The summed E-state index contributed by atoms with van der Waals surface area (Å²) in [4.78, 5) is 18.4. The zero-order valence-corrected chi connectivity index (χ0v) is 14.3. The van der Waals surface area contributed by atoms with Crippen molar-refractivity contribution in [2.75, 3.05) is 0 Å². The van der Waals surface area contributed by atoms with Crippen molar-refractivity contribution >= 4 is 5.91 Å². The first kappa shape index (κ1) is 18.7. The van der Waals surface area contributed by atoms with E-state index in [1.165, 1.54) is 18.4 Å². The SMILES string of the molecule is O=C(Cc1ccc(C(F)(F)F)cc1)N(Cc1cccnc1)Cc1ccco1. The van der Waals surface area contributed by atoms with Crippen LogP contribution in [0, 0.1) is 0 Å². The van der Waals surface area contributed by atoms with Crippen LogP contribution < -0.4 is 0 Å². The second-order valence-corrected chi connectivity index (χ2v) is 6.06. The monoisotopic (exact) mass is 374 g/mol. The quantitative estimate of drug-likeness (QED) is 0.640. The van der Waals surface area contributed by atoms with Crippen molar-refractivity contribution in [3.63, 3.8) is 0 Å².